The zero-order valence-corrected chi connectivity index (χ0v) is 22.9. The van der Waals surface area contributed by atoms with Crippen LogP contribution in [0.3, 0.4) is 0 Å². The Hall–Kier alpha value is -0.940. The summed E-state index contributed by atoms with van der Waals surface area (Å²) in [6.07, 6.45) is 15.7. The summed E-state index contributed by atoms with van der Waals surface area (Å²) in [6.45, 7) is 12.8. The standard InChI is InChI=1S/C31H52O4/c1-6-15-31(35,16-7-2)19-9-18-30(5,34)28-14-13-26-23(10-8-17-29(26,28)4)11-12-24-20-25(32)21-27(33)22(24)3/h11-12,25-28,32-35H,3,6-10,13-21H2,1-2,4-5H3/b23-11+,24-12-/t25-,26+,27+,28+,29+,30+/m1/s1. The van der Waals surface area contributed by atoms with E-state index in [0.29, 0.717) is 18.8 Å². The largest absolute Gasteiger partial charge is 0.393 e. The Balaban J connectivity index is 1.70. The van der Waals surface area contributed by atoms with Crippen molar-refractivity contribution < 1.29 is 20.4 Å². The maximum Gasteiger partial charge on any atom is 0.0811 e. The molecule has 3 saturated carbocycles. The molecule has 0 bridgehead atoms. The third kappa shape index (κ3) is 6.50. The lowest BCUT2D eigenvalue weighted by atomic mass is 9.59. The molecule has 3 aliphatic carbocycles. The number of aliphatic hydroxyl groups is 4. The topological polar surface area (TPSA) is 80.9 Å². The molecule has 4 heteroatoms. The molecule has 0 saturated heterocycles. The minimum absolute atomic E-state index is 0.0812. The molecule has 4 N–H and O–H groups in total. The van der Waals surface area contributed by atoms with Crippen LogP contribution in [0.25, 0.3) is 0 Å². The van der Waals surface area contributed by atoms with Gasteiger partial charge in [-0.1, -0.05) is 57.9 Å². The third-order valence-electron chi connectivity index (χ3n) is 9.74. The van der Waals surface area contributed by atoms with Crippen LogP contribution in [-0.4, -0.2) is 43.8 Å². The summed E-state index contributed by atoms with van der Waals surface area (Å²) < 4.78 is 0. The lowest BCUT2D eigenvalue weighted by Crippen LogP contribution is -2.45. The van der Waals surface area contributed by atoms with Crippen molar-refractivity contribution in [3.05, 3.63) is 35.5 Å². The van der Waals surface area contributed by atoms with Crippen LogP contribution in [-0.2, 0) is 0 Å². The van der Waals surface area contributed by atoms with E-state index in [0.717, 1.165) is 88.2 Å². The van der Waals surface area contributed by atoms with Gasteiger partial charge in [-0.05, 0) is 106 Å². The fraction of sp³-hybridized carbons (Fsp3) is 0.806. The van der Waals surface area contributed by atoms with Crippen molar-refractivity contribution >= 4 is 0 Å². The number of allylic oxidation sites excluding steroid dienone is 3. The van der Waals surface area contributed by atoms with Crippen LogP contribution in [0.5, 0.6) is 0 Å². The van der Waals surface area contributed by atoms with E-state index >= 15 is 0 Å². The van der Waals surface area contributed by atoms with E-state index in [1.54, 1.807) is 0 Å². The number of aliphatic hydroxyl groups excluding tert-OH is 2. The number of hydrogen-bond donors (Lipinski definition) is 4. The van der Waals surface area contributed by atoms with Gasteiger partial charge >= 0.3 is 0 Å². The SMILES string of the molecule is C=C1/C(=C\C=C2/CCC[C@@]3(C)[C@H]2CC[C@@H]3[C@@](C)(O)CCCC(O)(CCC)CCC)C[C@@H](O)C[C@@H]1O. The van der Waals surface area contributed by atoms with Gasteiger partial charge in [-0.15, -0.1) is 0 Å². The highest BCUT2D eigenvalue weighted by atomic mass is 16.3. The average molecular weight is 489 g/mol. The molecular formula is C31H52O4. The van der Waals surface area contributed by atoms with Gasteiger partial charge in [-0.2, -0.15) is 0 Å². The first-order valence-corrected chi connectivity index (χ1v) is 14.4. The fourth-order valence-corrected chi connectivity index (χ4v) is 7.98. The summed E-state index contributed by atoms with van der Waals surface area (Å²) in [4.78, 5) is 0. The molecule has 3 fully saturated rings. The van der Waals surface area contributed by atoms with E-state index in [9.17, 15) is 20.4 Å². The van der Waals surface area contributed by atoms with E-state index in [1.165, 1.54) is 5.57 Å². The highest BCUT2D eigenvalue weighted by Gasteiger charge is 2.54. The molecule has 0 aromatic carbocycles. The zero-order chi connectivity index (χ0) is 25.9. The molecule has 6 atom stereocenters. The smallest absolute Gasteiger partial charge is 0.0811 e. The molecule has 3 aliphatic rings. The summed E-state index contributed by atoms with van der Waals surface area (Å²) in [5.74, 6) is 0.725. The molecule has 4 nitrogen and oxygen atoms in total. The summed E-state index contributed by atoms with van der Waals surface area (Å²) >= 11 is 0. The van der Waals surface area contributed by atoms with Crippen molar-refractivity contribution in [2.45, 2.75) is 141 Å². The van der Waals surface area contributed by atoms with Crippen LogP contribution < -0.4 is 0 Å². The first-order valence-electron chi connectivity index (χ1n) is 14.4. The van der Waals surface area contributed by atoms with E-state index in [4.69, 9.17) is 0 Å². The monoisotopic (exact) mass is 488 g/mol. The fourth-order valence-electron chi connectivity index (χ4n) is 7.98. The zero-order valence-electron chi connectivity index (χ0n) is 22.9. The predicted octanol–water partition coefficient (Wildman–Crippen LogP) is 6.38. The molecule has 0 radical (unpaired) electrons. The van der Waals surface area contributed by atoms with Gasteiger partial charge in [-0.25, -0.2) is 0 Å². The average Bonchev–Trinajstić information content (AvgIpc) is 3.14. The Kier molecular flexibility index (Phi) is 9.51. The number of fused-ring (bicyclic) bond motifs is 1. The van der Waals surface area contributed by atoms with Crippen molar-refractivity contribution in [2.24, 2.45) is 17.3 Å². The van der Waals surface area contributed by atoms with Gasteiger partial charge in [0.05, 0.1) is 23.4 Å². The third-order valence-corrected chi connectivity index (χ3v) is 9.74. The molecule has 0 spiro atoms. The number of rotatable bonds is 10. The Morgan fingerprint density at radius 3 is 2.37 bits per heavy atom. The second-order valence-electron chi connectivity index (χ2n) is 12.5. The summed E-state index contributed by atoms with van der Waals surface area (Å²) in [5, 5.41) is 43.0. The number of hydrogen-bond acceptors (Lipinski definition) is 4. The molecular weight excluding hydrogens is 436 g/mol. The van der Waals surface area contributed by atoms with E-state index < -0.39 is 23.4 Å². The second-order valence-corrected chi connectivity index (χ2v) is 12.5. The highest BCUT2D eigenvalue weighted by molar-refractivity contribution is 5.38. The Morgan fingerprint density at radius 2 is 1.71 bits per heavy atom. The van der Waals surface area contributed by atoms with E-state index in [-0.39, 0.29) is 11.3 Å². The maximum absolute atomic E-state index is 11.7. The van der Waals surface area contributed by atoms with Crippen LogP contribution in [0.4, 0.5) is 0 Å². The van der Waals surface area contributed by atoms with Crippen molar-refractivity contribution in [1.29, 1.82) is 0 Å². The van der Waals surface area contributed by atoms with Gasteiger partial charge in [0, 0.05) is 6.42 Å². The van der Waals surface area contributed by atoms with E-state index in [1.807, 2.05) is 6.92 Å². The molecule has 0 amide bonds. The normalized spacial score (nSPS) is 35.9. The van der Waals surface area contributed by atoms with Gasteiger partial charge in [-0.3, -0.25) is 0 Å². The lowest BCUT2D eigenvalue weighted by molar-refractivity contribution is -0.0702. The van der Waals surface area contributed by atoms with Crippen LogP contribution in [0.15, 0.2) is 35.5 Å². The van der Waals surface area contributed by atoms with Crippen LogP contribution in [0.1, 0.15) is 118 Å². The van der Waals surface area contributed by atoms with Crippen molar-refractivity contribution in [3.63, 3.8) is 0 Å². The summed E-state index contributed by atoms with van der Waals surface area (Å²) in [7, 11) is 0. The van der Waals surface area contributed by atoms with Gasteiger partial charge < -0.3 is 20.4 Å². The van der Waals surface area contributed by atoms with E-state index in [2.05, 4.69) is 39.5 Å². The Labute approximate surface area is 214 Å². The molecule has 3 rings (SSSR count). The quantitative estimate of drug-likeness (QED) is 0.288. The molecule has 35 heavy (non-hydrogen) atoms. The Morgan fingerprint density at radius 1 is 1.03 bits per heavy atom. The van der Waals surface area contributed by atoms with Crippen LogP contribution in [0.2, 0.25) is 0 Å². The van der Waals surface area contributed by atoms with Crippen LogP contribution >= 0.6 is 0 Å². The maximum atomic E-state index is 11.7. The second kappa shape index (κ2) is 11.6. The van der Waals surface area contributed by atoms with Crippen molar-refractivity contribution in [2.75, 3.05) is 0 Å². The first kappa shape index (κ1) is 28.6. The minimum atomic E-state index is -0.727. The molecule has 0 aliphatic heterocycles. The molecule has 0 aromatic heterocycles. The minimum Gasteiger partial charge on any atom is -0.393 e. The van der Waals surface area contributed by atoms with Gasteiger partial charge in [0.2, 0.25) is 0 Å². The molecule has 0 aromatic rings. The van der Waals surface area contributed by atoms with Gasteiger partial charge in [0.15, 0.2) is 0 Å². The van der Waals surface area contributed by atoms with Crippen LogP contribution in [0, 0.1) is 17.3 Å². The first-order chi connectivity index (χ1) is 16.5. The molecule has 0 heterocycles. The molecule has 200 valence electrons. The van der Waals surface area contributed by atoms with Gasteiger partial charge in [0.25, 0.3) is 0 Å². The Bertz CT molecular complexity index is 788. The van der Waals surface area contributed by atoms with Crippen molar-refractivity contribution in [1.82, 2.24) is 0 Å². The lowest BCUT2D eigenvalue weighted by Gasteiger charge is -2.47. The summed E-state index contributed by atoms with van der Waals surface area (Å²) in [5.41, 5.74) is 1.92. The summed E-state index contributed by atoms with van der Waals surface area (Å²) in [6, 6.07) is 0. The van der Waals surface area contributed by atoms with Gasteiger partial charge in [0.1, 0.15) is 0 Å². The van der Waals surface area contributed by atoms with Crippen molar-refractivity contribution in [3.8, 4) is 0 Å². The highest BCUT2D eigenvalue weighted by Crippen LogP contribution is 2.60. The predicted molar refractivity (Wildman–Crippen MR) is 144 cm³/mol. The molecule has 0 unspecified atom stereocenters.